The Morgan fingerprint density at radius 3 is 2.72 bits per heavy atom. The van der Waals surface area contributed by atoms with Gasteiger partial charge in [-0.05, 0) is 24.1 Å². The monoisotopic (exact) mass is 251 g/mol. The SMILES string of the molecule is FC(F)(F)c1cccc(C#CCn2cccn2)n1. The summed E-state index contributed by atoms with van der Waals surface area (Å²) in [7, 11) is 0. The summed E-state index contributed by atoms with van der Waals surface area (Å²) in [5.41, 5.74) is -0.842. The van der Waals surface area contributed by atoms with Crippen LogP contribution in [0.2, 0.25) is 0 Å². The van der Waals surface area contributed by atoms with E-state index in [2.05, 4.69) is 21.9 Å². The average molecular weight is 251 g/mol. The van der Waals surface area contributed by atoms with E-state index in [1.165, 1.54) is 12.1 Å². The molecule has 0 amide bonds. The van der Waals surface area contributed by atoms with Crippen molar-refractivity contribution in [3.63, 3.8) is 0 Å². The first-order chi connectivity index (χ1) is 8.55. The van der Waals surface area contributed by atoms with Crippen molar-refractivity contribution >= 4 is 0 Å². The number of hydrogen-bond donors (Lipinski definition) is 0. The first-order valence-electron chi connectivity index (χ1n) is 5.06. The number of hydrogen-bond acceptors (Lipinski definition) is 2. The smallest absolute Gasteiger partial charge is 0.261 e. The second-order valence-electron chi connectivity index (χ2n) is 3.41. The molecule has 0 atom stereocenters. The van der Waals surface area contributed by atoms with Gasteiger partial charge in [-0.1, -0.05) is 12.0 Å². The second-order valence-corrected chi connectivity index (χ2v) is 3.41. The molecule has 0 saturated heterocycles. The van der Waals surface area contributed by atoms with E-state index in [0.29, 0.717) is 6.54 Å². The molecule has 0 bridgehead atoms. The molecule has 0 aliphatic heterocycles. The van der Waals surface area contributed by atoms with Gasteiger partial charge in [0.05, 0.1) is 0 Å². The van der Waals surface area contributed by atoms with Gasteiger partial charge in [-0.3, -0.25) is 4.68 Å². The summed E-state index contributed by atoms with van der Waals surface area (Å²) >= 11 is 0. The maximum atomic E-state index is 12.4. The van der Waals surface area contributed by atoms with E-state index in [0.717, 1.165) is 6.07 Å². The molecule has 2 heterocycles. The predicted molar refractivity (Wildman–Crippen MR) is 58.3 cm³/mol. The Balaban J connectivity index is 2.13. The highest BCUT2D eigenvalue weighted by Gasteiger charge is 2.32. The molecule has 18 heavy (non-hydrogen) atoms. The van der Waals surface area contributed by atoms with Crippen LogP contribution in [0.3, 0.4) is 0 Å². The van der Waals surface area contributed by atoms with Crippen LogP contribution in [-0.4, -0.2) is 14.8 Å². The van der Waals surface area contributed by atoms with E-state index >= 15 is 0 Å². The molecule has 2 aromatic heterocycles. The molecule has 6 heteroatoms. The van der Waals surface area contributed by atoms with Crippen LogP contribution >= 0.6 is 0 Å². The number of aromatic nitrogens is 3. The molecule has 0 aromatic carbocycles. The van der Waals surface area contributed by atoms with Crippen molar-refractivity contribution in [2.45, 2.75) is 12.7 Å². The number of alkyl halides is 3. The number of halogens is 3. The molecule has 0 spiro atoms. The summed E-state index contributed by atoms with van der Waals surface area (Å²) in [6, 6.07) is 5.38. The second kappa shape index (κ2) is 4.92. The lowest BCUT2D eigenvalue weighted by Gasteiger charge is -2.04. The summed E-state index contributed by atoms with van der Waals surface area (Å²) in [6.45, 7) is 0.310. The number of rotatable bonds is 1. The standard InChI is InChI=1S/C12H8F3N3/c13-12(14,15)11-6-1-4-10(17-11)5-2-8-18-9-3-7-16-18/h1,3-4,6-7,9H,8H2. The van der Waals surface area contributed by atoms with Crippen LogP contribution in [0.25, 0.3) is 0 Å². The molecular weight excluding hydrogens is 243 g/mol. The molecular formula is C12H8F3N3. The zero-order valence-corrected chi connectivity index (χ0v) is 9.15. The zero-order valence-electron chi connectivity index (χ0n) is 9.15. The van der Waals surface area contributed by atoms with Gasteiger partial charge < -0.3 is 0 Å². The topological polar surface area (TPSA) is 30.7 Å². The Bertz CT molecular complexity index is 577. The molecule has 0 saturated carbocycles. The molecule has 0 aliphatic carbocycles. The summed E-state index contributed by atoms with van der Waals surface area (Å²) in [6.07, 6.45) is -1.13. The fourth-order valence-electron chi connectivity index (χ4n) is 1.27. The molecule has 0 fully saturated rings. The minimum atomic E-state index is -4.44. The zero-order chi connectivity index (χ0) is 13.0. The molecule has 2 rings (SSSR count). The van der Waals surface area contributed by atoms with E-state index in [4.69, 9.17) is 0 Å². The Kier molecular flexibility index (Phi) is 3.33. The van der Waals surface area contributed by atoms with Gasteiger partial charge in [0, 0.05) is 12.4 Å². The summed E-state index contributed by atoms with van der Waals surface area (Å²) in [5.74, 6) is 5.28. The molecule has 0 unspecified atom stereocenters. The lowest BCUT2D eigenvalue weighted by molar-refractivity contribution is -0.141. The average Bonchev–Trinajstić information content (AvgIpc) is 2.81. The van der Waals surface area contributed by atoms with Crippen LogP contribution in [0.4, 0.5) is 13.2 Å². The highest BCUT2D eigenvalue weighted by Crippen LogP contribution is 2.27. The summed E-state index contributed by atoms with van der Waals surface area (Å²) in [5, 5.41) is 3.92. The van der Waals surface area contributed by atoms with Gasteiger partial charge in [0.25, 0.3) is 0 Å². The Morgan fingerprint density at radius 2 is 2.06 bits per heavy atom. The molecule has 92 valence electrons. The quantitative estimate of drug-likeness (QED) is 0.728. The van der Waals surface area contributed by atoms with Gasteiger partial charge in [0.15, 0.2) is 0 Å². The van der Waals surface area contributed by atoms with Gasteiger partial charge in [0.2, 0.25) is 0 Å². The highest BCUT2D eigenvalue weighted by molar-refractivity contribution is 5.29. The normalized spacial score (nSPS) is 10.8. The largest absolute Gasteiger partial charge is 0.433 e. The van der Waals surface area contributed by atoms with E-state index < -0.39 is 11.9 Å². The van der Waals surface area contributed by atoms with E-state index in [-0.39, 0.29) is 5.69 Å². The van der Waals surface area contributed by atoms with Crippen molar-refractivity contribution in [2.24, 2.45) is 0 Å². The van der Waals surface area contributed by atoms with Crippen molar-refractivity contribution in [1.82, 2.24) is 14.8 Å². The maximum Gasteiger partial charge on any atom is 0.433 e. The van der Waals surface area contributed by atoms with Crippen molar-refractivity contribution in [1.29, 1.82) is 0 Å². The Morgan fingerprint density at radius 1 is 1.22 bits per heavy atom. The fourth-order valence-corrected chi connectivity index (χ4v) is 1.27. The van der Waals surface area contributed by atoms with Crippen LogP contribution in [0.1, 0.15) is 11.4 Å². The molecule has 0 N–H and O–H groups in total. The fraction of sp³-hybridized carbons (Fsp3) is 0.167. The summed E-state index contributed by atoms with van der Waals surface area (Å²) < 4.78 is 38.7. The van der Waals surface area contributed by atoms with Gasteiger partial charge >= 0.3 is 6.18 Å². The van der Waals surface area contributed by atoms with E-state index in [1.54, 1.807) is 23.1 Å². The third-order valence-electron chi connectivity index (χ3n) is 2.06. The van der Waals surface area contributed by atoms with E-state index in [1.807, 2.05) is 0 Å². The van der Waals surface area contributed by atoms with Crippen LogP contribution in [0.15, 0.2) is 36.7 Å². The lowest BCUT2D eigenvalue weighted by atomic mass is 10.3. The van der Waals surface area contributed by atoms with Crippen molar-refractivity contribution in [3.8, 4) is 11.8 Å². The van der Waals surface area contributed by atoms with Gasteiger partial charge in [-0.25, -0.2) is 4.98 Å². The van der Waals surface area contributed by atoms with Crippen LogP contribution in [0.5, 0.6) is 0 Å². The molecule has 3 nitrogen and oxygen atoms in total. The Labute approximate surface area is 101 Å². The number of pyridine rings is 1. The third-order valence-corrected chi connectivity index (χ3v) is 2.06. The van der Waals surface area contributed by atoms with Crippen molar-refractivity contribution < 1.29 is 13.2 Å². The highest BCUT2D eigenvalue weighted by atomic mass is 19.4. The minimum absolute atomic E-state index is 0.0944. The molecule has 2 aromatic rings. The first-order valence-corrected chi connectivity index (χ1v) is 5.06. The van der Waals surface area contributed by atoms with Crippen molar-refractivity contribution in [3.05, 3.63) is 48.0 Å². The van der Waals surface area contributed by atoms with Crippen LogP contribution in [0, 0.1) is 11.8 Å². The van der Waals surface area contributed by atoms with Gasteiger partial charge in [-0.2, -0.15) is 18.3 Å². The van der Waals surface area contributed by atoms with Crippen LogP contribution < -0.4 is 0 Å². The van der Waals surface area contributed by atoms with E-state index in [9.17, 15) is 13.2 Å². The summed E-state index contributed by atoms with van der Waals surface area (Å²) in [4.78, 5) is 3.43. The van der Waals surface area contributed by atoms with Crippen molar-refractivity contribution in [2.75, 3.05) is 0 Å². The molecule has 0 aliphatic rings. The number of nitrogens with zero attached hydrogens (tertiary/aromatic N) is 3. The first kappa shape index (κ1) is 12.2. The predicted octanol–water partition coefficient (Wildman–Crippen LogP) is 2.35. The Hall–Kier alpha value is -2.29. The van der Waals surface area contributed by atoms with Gasteiger partial charge in [-0.15, -0.1) is 0 Å². The van der Waals surface area contributed by atoms with Gasteiger partial charge in [0.1, 0.15) is 17.9 Å². The molecule has 0 radical (unpaired) electrons. The lowest BCUT2D eigenvalue weighted by Crippen LogP contribution is -2.08. The maximum absolute atomic E-state index is 12.4. The minimum Gasteiger partial charge on any atom is -0.261 e. The third kappa shape index (κ3) is 3.10. The van der Waals surface area contributed by atoms with Crippen LogP contribution in [-0.2, 0) is 12.7 Å².